The molecule has 8 aromatic carbocycles. The van der Waals surface area contributed by atoms with Crippen LogP contribution in [-0.2, 0) is 0 Å². The maximum atomic E-state index is 2.36. The number of hydrogen-bond donors (Lipinski definition) is 0. The monoisotopic (exact) mass is 520 g/mol. The van der Waals surface area contributed by atoms with E-state index in [4.69, 9.17) is 0 Å². The number of aryl methyl sites for hydroxylation is 1. The first-order valence-corrected chi connectivity index (χ1v) is 14.3. The Bertz CT molecular complexity index is 2210. The topological polar surface area (TPSA) is 0 Å². The Labute approximate surface area is 240 Å². The van der Waals surface area contributed by atoms with Crippen molar-refractivity contribution in [2.24, 2.45) is 0 Å². The minimum atomic E-state index is 1.25. The number of benzene rings is 8. The summed E-state index contributed by atoms with van der Waals surface area (Å²) in [5.41, 5.74) is 8.95. The van der Waals surface area contributed by atoms with Gasteiger partial charge >= 0.3 is 0 Å². The number of rotatable bonds is 3. The van der Waals surface area contributed by atoms with Crippen molar-refractivity contribution in [3.8, 4) is 33.4 Å². The van der Waals surface area contributed by atoms with Crippen LogP contribution in [-0.4, -0.2) is 0 Å². The van der Waals surface area contributed by atoms with Gasteiger partial charge in [0.05, 0.1) is 0 Å². The standard InChI is InChI=1S/C41H28/c1-27-10-2-5-13-35(27)32-21-19-31-26-34(23-20-30(31)24-32)41-38-16-8-6-14-36(38)40(37-15-7-9-17-39(37)41)33-22-18-28-11-3-4-12-29(28)25-33/h2-26H,1H3. The van der Waals surface area contributed by atoms with Crippen LogP contribution in [0.15, 0.2) is 152 Å². The summed E-state index contributed by atoms with van der Waals surface area (Å²) in [5, 5.41) is 10.2. The second kappa shape index (κ2) is 9.47. The molecule has 0 fully saturated rings. The molecule has 0 N–H and O–H groups in total. The number of hydrogen-bond acceptors (Lipinski definition) is 0. The Kier molecular flexibility index (Phi) is 5.47. The second-order valence-corrected chi connectivity index (χ2v) is 11.0. The third-order valence-corrected chi connectivity index (χ3v) is 8.55. The van der Waals surface area contributed by atoms with Gasteiger partial charge in [-0.15, -0.1) is 0 Å². The summed E-state index contributed by atoms with van der Waals surface area (Å²) in [6, 6.07) is 55.7. The van der Waals surface area contributed by atoms with E-state index >= 15 is 0 Å². The van der Waals surface area contributed by atoms with Crippen molar-refractivity contribution in [3.05, 3.63) is 157 Å². The summed E-state index contributed by atoms with van der Waals surface area (Å²) in [6.07, 6.45) is 0. The van der Waals surface area contributed by atoms with Crippen molar-refractivity contribution in [2.45, 2.75) is 6.92 Å². The van der Waals surface area contributed by atoms with Gasteiger partial charge in [-0.05, 0) is 107 Å². The van der Waals surface area contributed by atoms with Gasteiger partial charge in [-0.25, -0.2) is 0 Å². The van der Waals surface area contributed by atoms with Crippen LogP contribution >= 0.6 is 0 Å². The predicted molar refractivity (Wildman–Crippen MR) is 178 cm³/mol. The van der Waals surface area contributed by atoms with Gasteiger partial charge in [0, 0.05) is 0 Å². The van der Waals surface area contributed by atoms with E-state index in [1.165, 1.54) is 82.0 Å². The predicted octanol–water partition coefficient (Wildman–Crippen LogP) is 11.6. The van der Waals surface area contributed by atoms with Crippen molar-refractivity contribution < 1.29 is 0 Å². The molecule has 0 spiro atoms. The molecular weight excluding hydrogens is 492 g/mol. The van der Waals surface area contributed by atoms with Crippen LogP contribution in [0.4, 0.5) is 0 Å². The fourth-order valence-electron chi connectivity index (χ4n) is 6.56. The molecule has 0 aromatic heterocycles. The van der Waals surface area contributed by atoms with Gasteiger partial charge < -0.3 is 0 Å². The molecule has 0 bridgehead atoms. The zero-order chi connectivity index (χ0) is 27.3. The van der Waals surface area contributed by atoms with Crippen LogP contribution in [0.25, 0.3) is 76.5 Å². The van der Waals surface area contributed by atoms with Crippen molar-refractivity contribution >= 4 is 43.1 Å². The van der Waals surface area contributed by atoms with Gasteiger partial charge in [0.15, 0.2) is 0 Å². The molecule has 0 aliphatic carbocycles. The molecule has 0 saturated heterocycles. The minimum absolute atomic E-state index is 1.25. The molecule has 192 valence electrons. The first kappa shape index (κ1) is 23.7. The first-order chi connectivity index (χ1) is 20.2. The highest BCUT2D eigenvalue weighted by Gasteiger charge is 2.17. The SMILES string of the molecule is Cc1ccccc1-c1ccc2cc(-c3c4ccccc4c(-c4ccc5ccccc5c4)c4ccccc34)ccc2c1. The van der Waals surface area contributed by atoms with Crippen LogP contribution in [0.1, 0.15) is 5.56 Å². The van der Waals surface area contributed by atoms with Gasteiger partial charge in [-0.3, -0.25) is 0 Å². The molecule has 0 heteroatoms. The van der Waals surface area contributed by atoms with Gasteiger partial charge in [-0.2, -0.15) is 0 Å². The van der Waals surface area contributed by atoms with Crippen molar-refractivity contribution in [3.63, 3.8) is 0 Å². The van der Waals surface area contributed by atoms with Crippen molar-refractivity contribution in [1.82, 2.24) is 0 Å². The molecule has 0 aliphatic heterocycles. The lowest BCUT2D eigenvalue weighted by molar-refractivity contribution is 1.46. The van der Waals surface area contributed by atoms with Crippen LogP contribution in [0.2, 0.25) is 0 Å². The van der Waals surface area contributed by atoms with Crippen LogP contribution < -0.4 is 0 Å². The molecule has 0 heterocycles. The Morgan fingerprint density at radius 1 is 0.317 bits per heavy atom. The quantitative estimate of drug-likeness (QED) is 0.203. The molecule has 0 aliphatic rings. The third-order valence-electron chi connectivity index (χ3n) is 8.55. The Morgan fingerprint density at radius 3 is 1.27 bits per heavy atom. The maximum absolute atomic E-state index is 2.36. The van der Waals surface area contributed by atoms with Crippen LogP contribution in [0.3, 0.4) is 0 Å². The summed E-state index contributed by atoms with van der Waals surface area (Å²) in [4.78, 5) is 0. The largest absolute Gasteiger partial charge is 0.0620 e. The van der Waals surface area contributed by atoms with Crippen LogP contribution in [0, 0.1) is 6.92 Å². The Hall–Kier alpha value is -5.20. The molecule has 0 unspecified atom stereocenters. The number of fused-ring (bicyclic) bond motifs is 4. The minimum Gasteiger partial charge on any atom is -0.0620 e. The fraction of sp³-hybridized carbons (Fsp3) is 0.0244. The Balaban J connectivity index is 1.37. The summed E-state index contributed by atoms with van der Waals surface area (Å²) in [5.74, 6) is 0. The Morgan fingerprint density at radius 2 is 0.707 bits per heavy atom. The van der Waals surface area contributed by atoms with E-state index in [1.54, 1.807) is 0 Å². The first-order valence-electron chi connectivity index (χ1n) is 14.3. The molecular formula is C41H28. The lowest BCUT2D eigenvalue weighted by Crippen LogP contribution is -1.91. The zero-order valence-electron chi connectivity index (χ0n) is 22.9. The van der Waals surface area contributed by atoms with Gasteiger partial charge in [0.1, 0.15) is 0 Å². The molecule has 0 atom stereocenters. The van der Waals surface area contributed by atoms with E-state index in [0.29, 0.717) is 0 Å². The normalized spacial score (nSPS) is 11.5. The highest BCUT2D eigenvalue weighted by atomic mass is 14.2. The third kappa shape index (κ3) is 3.91. The second-order valence-electron chi connectivity index (χ2n) is 11.0. The lowest BCUT2D eigenvalue weighted by atomic mass is 9.85. The van der Waals surface area contributed by atoms with Gasteiger partial charge in [0.2, 0.25) is 0 Å². The van der Waals surface area contributed by atoms with Crippen LogP contribution in [0.5, 0.6) is 0 Å². The highest BCUT2D eigenvalue weighted by Crippen LogP contribution is 2.44. The van der Waals surface area contributed by atoms with Gasteiger partial charge in [0.25, 0.3) is 0 Å². The summed E-state index contributed by atoms with van der Waals surface area (Å²) >= 11 is 0. The van der Waals surface area contributed by atoms with E-state index in [9.17, 15) is 0 Å². The summed E-state index contributed by atoms with van der Waals surface area (Å²) < 4.78 is 0. The lowest BCUT2D eigenvalue weighted by Gasteiger charge is -2.18. The molecule has 0 radical (unpaired) electrons. The van der Waals surface area contributed by atoms with E-state index in [2.05, 4.69) is 159 Å². The molecule has 0 amide bonds. The van der Waals surface area contributed by atoms with E-state index in [-0.39, 0.29) is 0 Å². The summed E-state index contributed by atoms with van der Waals surface area (Å²) in [6.45, 7) is 2.18. The fourth-order valence-corrected chi connectivity index (χ4v) is 6.56. The molecule has 8 rings (SSSR count). The van der Waals surface area contributed by atoms with Crippen molar-refractivity contribution in [2.75, 3.05) is 0 Å². The maximum Gasteiger partial charge on any atom is -0.00262 e. The van der Waals surface area contributed by atoms with E-state index in [1.807, 2.05) is 0 Å². The molecule has 8 aromatic rings. The molecule has 0 nitrogen and oxygen atoms in total. The smallest absolute Gasteiger partial charge is 0.00262 e. The molecule has 0 saturated carbocycles. The van der Waals surface area contributed by atoms with E-state index < -0.39 is 0 Å². The van der Waals surface area contributed by atoms with E-state index in [0.717, 1.165) is 0 Å². The zero-order valence-corrected chi connectivity index (χ0v) is 22.9. The van der Waals surface area contributed by atoms with Crippen molar-refractivity contribution in [1.29, 1.82) is 0 Å². The van der Waals surface area contributed by atoms with Gasteiger partial charge in [-0.1, -0.05) is 133 Å². The average molecular weight is 521 g/mol. The highest BCUT2D eigenvalue weighted by molar-refractivity contribution is 6.22. The average Bonchev–Trinajstić information content (AvgIpc) is 3.03. The summed E-state index contributed by atoms with van der Waals surface area (Å²) in [7, 11) is 0. The molecule has 41 heavy (non-hydrogen) atoms.